The zero-order chi connectivity index (χ0) is 13.9. The SMILES string of the molecule is Nc1ccn(C2CCN(Cc3cccc(Cl)c3)CC2)n1. The van der Waals surface area contributed by atoms with E-state index in [1.54, 1.807) is 0 Å². The quantitative estimate of drug-likeness (QED) is 0.945. The van der Waals surface area contributed by atoms with Crippen molar-refractivity contribution in [2.24, 2.45) is 0 Å². The minimum atomic E-state index is 0.475. The standard InChI is InChI=1S/C15H19ClN4/c16-13-3-1-2-12(10-13)11-19-7-4-14(5-8-19)20-9-6-15(17)18-20/h1-3,6,9-10,14H,4-5,7-8,11H2,(H2,17,18). The molecule has 0 unspecified atom stereocenters. The fraction of sp³-hybridized carbons (Fsp3) is 0.400. The predicted octanol–water partition coefficient (Wildman–Crippen LogP) is 2.96. The molecule has 0 amide bonds. The summed E-state index contributed by atoms with van der Waals surface area (Å²) in [6, 6.07) is 10.4. The molecule has 0 aliphatic carbocycles. The Labute approximate surface area is 124 Å². The first-order valence-electron chi connectivity index (χ1n) is 6.98. The summed E-state index contributed by atoms with van der Waals surface area (Å²) >= 11 is 6.03. The van der Waals surface area contributed by atoms with Crippen LogP contribution in [0.1, 0.15) is 24.4 Å². The normalized spacial score (nSPS) is 17.4. The molecule has 0 atom stereocenters. The highest BCUT2D eigenvalue weighted by Crippen LogP contribution is 2.23. The van der Waals surface area contributed by atoms with E-state index in [-0.39, 0.29) is 0 Å². The molecule has 2 heterocycles. The van der Waals surface area contributed by atoms with E-state index < -0.39 is 0 Å². The molecule has 4 nitrogen and oxygen atoms in total. The van der Waals surface area contributed by atoms with Crippen molar-refractivity contribution >= 4 is 17.4 Å². The van der Waals surface area contributed by atoms with Crippen LogP contribution < -0.4 is 5.73 Å². The molecule has 2 aromatic rings. The van der Waals surface area contributed by atoms with Crippen molar-refractivity contribution in [1.29, 1.82) is 0 Å². The summed E-state index contributed by atoms with van der Waals surface area (Å²) in [6.07, 6.45) is 4.20. The molecule has 0 radical (unpaired) electrons. The number of likely N-dealkylation sites (tertiary alicyclic amines) is 1. The van der Waals surface area contributed by atoms with Crippen molar-refractivity contribution in [2.45, 2.75) is 25.4 Å². The highest BCUT2D eigenvalue weighted by Gasteiger charge is 2.21. The Morgan fingerprint density at radius 2 is 2.05 bits per heavy atom. The third-order valence-corrected chi connectivity index (χ3v) is 4.09. The van der Waals surface area contributed by atoms with Crippen LogP contribution >= 0.6 is 11.6 Å². The molecule has 0 spiro atoms. The number of hydrogen-bond donors (Lipinski definition) is 1. The fourth-order valence-corrected chi connectivity index (χ4v) is 3.00. The van der Waals surface area contributed by atoms with Crippen molar-refractivity contribution in [2.75, 3.05) is 18.8 Å². The smallest absolute Gasteiger partial charge is 0.145 e. The lowest BCUT2D eigenvalue weighted by molar-refractivity contribution is 0.173. The molecule has 1 aliphatic rings. The average molecular weight is 291 g/mol. The molecular formula is C15H19ClN4. The lowest BCUT2D eigenvalue weighted by Crippen LogP contribution is -2.34. The van der Waals surface area contributed by atoms with Crippen molar-refractivity contribution in [3.05, 3.63) is 47.1 Å². The molecule has 106 valence electrons. The first-order valence-corrected chi connectivity index (χ1v) is 7.36. The number of nitrogens with zero attached hydrogens (tertiary/aromatic N) is 3. The molecule has 1 fully saturated rings. The highest BCUT2D eigenvalue weighted by molar-refractivity contribution is 6.30. The van der Waals surface area contributed by atoms with Crippen molar-refractivity contribution in [3.8, 4) is 0 Å². The van der Waals surface area contributed by atoms with E-state index in [4.69, 9.17) is 17.3 Å². The van der Waals surface area contributed by atoms with Gasteiger partial charge >= 0.3 is 0 Å². The van der Waals surface area contributed by atoms with Crippen LogP contribution in [0.15, 0.2) is 36.5 Å². The summed E-state index contributed by atoms with van der Waals surface area (Å²) in [4.78, 5) is 2.47. The average Bonchev–Trinajstić information content (AvgIpc) is 2.86. The van der Waals surface area contributed by atoms with Gasteiger partial charge in [-0.25, -0.2) is 0 Å². The van der Waals surface area contributed by atoms with Gasteiger partial charge in [-0.1, -0.05) is 23.7 Å². The number of nitrogens with two attached hydrogens (primary N) is 1. The van der Waals surface area contributed by atoms with Crippen molar-refractivity contribution in [1.82, 2.24) is 14.7 Å². The minimum absolute atomic E-state index is 0.475. The van der Waals surface area contributed by atoms with Crippen molar-refractivity contribution < 1.29 is 0 Å². The molecule has 0 saturated carbocycles. The van der Waals surface area contributed by atoms with Crippen LogP contribution in [-0.2, 0) is 6.54 Å². The summed E-state index contributed by atoms with van der Waals surface area (Å²) in [7, 11) is 0. The number of aromatic nitrogens is 2. The summed E-state index contributed by atoms with van der Waals surface area (Å²) in [6.45, 7) is 3.13. The molecule has 1 aromatic heterocycles. The van der Waals surface area contributed by atoms with Gasteiger partial charge in [0.1, 0.15) is 5.82 Å². The van der Waals surface area contributed by atoms with Gasteiger partial charge in [-0.2, -0.15) is 5.10 Å². The second-order valence-electron chi connectivity index (χ2n) is 5.36. The topological polar surface area (TPSA) is 47.1 Å². The number of benzene rings is 1. The maximum Gasteiger partial charge on any atom is 0.145 e. The molecule has 1 aromatic carbocycles. The summed E-state index contributed by atoms with van der Waals surface area (Å²) < 4.78 is 2.01. The van der Waals surface area contributed by atoms with Gasteiger partial charge in [-0.05, 0) is 36.6 Å². The van der Waals surface area contributed by atoms with Crippen molar-refractivity contribution in [3.63, 3.8) is 0 Å². The van der Waals surface area contributed by atoms with E-state index in [0.717, 1.165) is 37.5 Å². The molecule has 20 heavy (non-hydrogen) atoms. The van der Waals surface area contributed by atoms with E-state index in [2.05, 4.69) is 16.1 Å². The van der Waals surface area contributed by atoms with Crippen LogP contribution in [-0.4, -0.2) is 27.8 Å². The number of halogens is 1. The Morgan fingerprint density at radius 1 is 1.25 bits per heavy atom. The van der Waals surface area contributed by atoms with Gasteiger partial charge in [0.15, 0.2) is 0 Å². The Balaban J connectivity index is 1.56. The van der Waals surface area contributed by atoms with Gasteiger partial charge in [-0.15, -0.1) is 0 Å². The van der Waals surface area contributed by atoms with E-state index in [1.807, 2.05) is 35.1 Å². The summed E-state index contributed by atoms with van der Waals surface area (Å²) in [5.41, 5.74) is 6.95. The van der Waals surface area contributed by atoms with Crippen LogP contribution in [0, 0.1) is 0 Å². The third kappa shape index (κ3) is 3.14. The first kappa shape index (κ1) is 13.5. The Morgan fingerprint density at radius 3 is 2.70 bits per heavy atom. The Hall–Kier alpha value is -1.52. The highest BCUT2D eigenvalue weighted by atomic mass is 35.5. The zero-order valence-corrected chi connectivity index (χ0v) is 12.1. The van der Waals surface area contributed by atoms with Crippen LogP contribution in [0.2, 0.25) is 5.02 Å². The maximum absolute atomic E-state index is 6.03. The number of hydrogen-bond acceptors (Lipinski definition) is 3. The zero-order valence-electron chi connectivity index (χ0n) is 11.4. The second-order valence-corrected chi connectivity index (χ2v) is 5.79. The second kappa shape index (κ2) is 5.85. The Bertz CT molecular complexity index is 573. The van der Waals surface area contributed by atoms with E-state index in [1.165, 1.54) is 5.56 Å². The molecule has 3 rings (SSSR count). The first-order chi connectivity index (χ1) is 9.70. The van der Waals surface area contributed by atoms with Gasteiger partial charge in [0.25, 0.3) is 0 Å². The van der Waals surface area contributed by atoms with E-state index in [9.17, 15) is 0 Å². The molecular weight excluding hydrogens is 272 g/mol. The van der Waals surface area contributed by atoms with Crippen LogP contribution in [0.4, 0.5) is 5.82 Å². The van der Waals surface area contributed by atoms with Crippen LogP contribution in [0.3, 0.4) is 0 Å². The van der Waals surface area contributed by atoms with Gasteiger partial charge in [0.05, 0.1) is 6.04 Å². The minimum Gasteiger partial charge on any atom is -0.382 e. The van der Waals surface area contributed by atoms with E-state index >= 15 is 0 Å². The molecule has 2 N–H and O–H groups in total. The molecule has 1 saturated heterocycles. The number of piperidine rings is 1. The Kier molecular flexibility index (Phi) is 3.94. The largest absolute Gasteiger partial charge is 0.382 e. The monoisotopic (exact) mass is 290 g/mol. The number of anilines is 1. The fourth-order valence-electron chi connectivity index (χ4n) is 2.79. The maximum atomic E-state index is 6.03. The van der Waals surface area contributed by atoms with Gasteiger partial charge in [0.2, 0.25) is 0 Å². The van der Waals surface area contributed by atoms with E-state index in [0.29, 0.717) is 11.9 Å². The number of nitrogen functional groups attached to an aromatic ring is 1. The summed E-state index contributed by atoms with van der Waals surface area (Å²) in [5.74, 6) is 0.603. The van der Waals surface area contributed by atoms with Crippen LogP contribution in [0.5, 0.6) is 0 Å². The molecule has 5 heteroatoms. The predicted molar refractivity (Wildman–Crippen MR) is 81.6 cm³/mol. The summed E-state index contributed by atoms with van der Waals surface area (Å²) in [5, 5.41) is 5.12. The lowest BCUT2D eigenvalue weighted by atomic mass is 10.0. The molecule has 1 aliphatic heterocycles. The van der Waals surface area contributed by atoms with Gasteiger partial charge in [-0.3, -0.25) is 9.58 Å². The molecule has 0 bridgehead atoms. The van der Waals surface area contributed by atoms with Crippen LogP contribution in [0.25, 0.3) is 0 Å². The van der Waals surface area contributed by atoms with Gasteiger partial charge in [0, 0.05) is 30.9 Å². The third-order valence-electron chi connectivity index (χ3n) is 3.86. The van der Waals surface area contributed by atoms with Gasteiger partial charge < -0.3 is 5.73 Å². The lowest BCUT2D eigenvalue weighted by Gasteiger charge is -2.32. The number of rotatable bonds is 3.